The molecule has 7 nitrogen and oxygen atoms in total. The molecule has 1 N–H and O–H groups in total. The zero-order valence-electron chi connectivity index (χ0n) is 20.8. The lowest BCUT2D eigenvalue weighted by Crippen LogP contribution is -2.07. The lowest BCUT2D eigenvalue weighted by Gasteiger charge is -2.13. The highest BCUT2D eigenvalue weighted by atomic mass is 32.1. The van der Waals surface area contributed by atoms with Crippen molar-refractivity contribution in [3.05, 3.63) is 93.6 Å². The molecular formula is C29H26N2O5S. The van der Waals surface area contributed by atoms with Crippen molar-refractivity contribution in [1.82, 2.24) is 9.55 Å². The largest absolute Gasteiger partial charge is 0.489 e. The van der Waals surface area contributed by atoms with E-state index in [9.17, 15) is 14.7 Å². The zero-order chi connectivity index (χ0) is 26.1. The van der Waals surface area contributed by atoms with Gasteiger partial charge in [0.2, 0.25) is 0 Å². The van der Waals surface area contributed by atoms with Gasteiger partial charge in [0.1, 0.15) is 33.4 Å². The highest BCUT2D eigenvalue weighted by Gasteiger charge is 2.22. The first-order valence-corrected chi connectivity index (χ1v) is 12.7. The van der Waals surface area contributed by atoms with Crippen LogP contribution in [0.4, 0.5) is 0 Å². The van der Waals surface area contributed by atoms with Crippen LogP contribution in [-0.2, 0) is 24.3 Å². The maximum atomic E-state index is 12.2. The smallest absolute Gasteiger partial charge is 0.348 e. The van der Waals surface area contributed by atoms with E-state index in [-0.39, 0.29) is 18.1 Å². The lowest BCUT2D eigenvalue weighted by atomic mass is 9.99. The Morgan fingerprint density at radius 2 is 1.81 bits per heavy atom. The van der Waals surface area contributed by atoms with Crippen molar-refractivity contribution in [3.8, 4) is 5.75 Å². The average molecular weight is 515 g/mol. The molecule has 2 heterocycles. The van der Waals surface area contributed by atoms with Crippen LogP contribution in [-0.4, -0.2) is 33.7 Å². The normalized spacial score (nSPS) is 11.2. The quantitative estimate of drug-likeness (QED) is 0.247. The van der Waals surface area contributed by atoms with Crippen molar-refractivity contribution in [2.45, 2.75) is 33.4 Å². The minimum absolute atomic E-state index is 0.148. The van der Waals surface area contributed by atoms with Gasteiger partial charge in [-0.15, -0.1) is 11.3 Å². The van der Waals surface area contributed by atoms with Gasteiger partial charge in [-0.2, -0.15) is 0 Å². The summed E-state index contributed by atoms with van der Waals surface area (Å²) >= 11 is 1.41. The number of rotatable bonds is 8. The molecule has 0 fully saturated rings. The van der Waals surface area contributed by atoms with E-state index in [1.165, 1.54) is 18.4 Å². The number of hydrogen-bond donors (Lipinski definition) is 1. The molecular weight excluding hydrogens is 488 g/mol. The van der Waals surface area contributed by atoms with E-state index in [4.69, 9.17) is 14.5 Å². The van der Waals surface area contributed by atoms with Gasteiger partial charge in [-0.3, -0.25) is 0 Å². The summed E-state index contributed by atoms with van der Waals surface area (Å²) in [6, 6.07) is 18.9. The number of carboxylic acid groups (broad SMARTS) is 1. The molecule has 0 saturated carbocycles. The standard InChI is InChI=1S/C29H26N2O5S/c1-4-24-30-25-17(2)26(29(34)35-3)37-27(25)31(24)15-18-9-12-20(13-10-18)36-16-23-21-8-6-5-7-19(21)11-14-22(23)28(32)33/h5-14H,4,15-16H2,1-3H3,(H,32,33). The predicted octanol–water partition coefficient (Wildman–Crippen LogP) is 6.23. The first-order chi connectivity index (χ1) is 17.9. The van der Waals surface area contributed by atoms with Crippen LogP contribution in [0.3, 0.4) is 0 Å². The van der Waals surface area contributed by atoms with Crippen LogP contribution >= 0.6 is 11.3 Å². The maximum Gasteiger partial charge on any atom is 0.348 e. The Balaban J connectivity index is 1.38. The van der Waals surface area contributed by atoms with Crippen LogP contribution in [0.1, 0.15) is 49.5 Å². The summed E-state index contributed by atoms with van der Waals surface area (Å²) in [5.74, 6) is 0.291. The molecule has 0 amide bonds. The van der Waals surface area contributed by atoms with Crippen molar-refractivity contribution >= 4 is 44.4 Å². The van der Waals surface area contributed by atoms with Gasteiger partial charge in [-0.05, 0) is 41.5 Å². The number of ether oxygens (including phenoxy) is 2. The van der Waals surface area contributed by atoms with Crippen molar-refractivity contribution in [2.75, 3.05) is 7.11 Å². The van der Waals surface area contributed by atoms with Crippen molar-refractivity contribution in [1.29, 1.82) is 0 Å². The summed E-state index contributed by atoms with van der Waals surface area (Å²) in [6.45, 7) is 4.72. The predicted molar refractivity (Wildman–Crippen MR) is 144 cm³/mol. The van der Waals surface area contributed by atoms with Gasteiger partial charge in [-0.25, -0.2) is 14.6 Å². The van der Waals surface area contributed by atoms with Crippen LogP contribution < -0.4 is 4.74 Å². The molecule has 0 radical (unpaired) electrons. The van der Waals surface area contributed by atoms with Crippen LogP contribution in [0.15, 0.2) is 60.7 Å². The minimum atomic E-state index is -0.975. The topological polar surface area (TPSA) is 90.6 Å². The summed E-state index contributed by atoms with van der Waals surface area (Å²) < 4.78 is 13.1. The molecule has 5 aromatic rings. The molecule has 0 aliphatic rings. The Bertz CT molecular complexity index is 1630. The summed E-state index contributed by atoms with van der Waals surface area (Å²) in [5, 5.41) is 11.5. The molecule has 0 spiro atoms. The Morgan fingerprint density at radius 3 is 2.51 bits per heavy atom. The van der Waals surface area contributed by atoms with Crippen molar-refractivity contribution in [3.63, 3.8) is 0 Å². The molecule has 3 aromatic carbocycles. The number of imidazole rings is 1. The first kappa shape index (κ1) is 24.5. The second kappa shape index (κ2) is 10.1. The minimum Gasteiger partial charge on any atom is -0.489 e. The van der Waals surface area contributed by atoms with E-state index >= 15 is 0 Å². The first-order valence-electron chi connectivity index (χ1n) is 11.9. The third-order valence-electron chi connectivity index (χ3n) is 6.50. The highest BCUT2D eigenvalue weighted by Crippen LogP contribution is 2.33. The number of thiophene rings is 1. The summed E-state index contributed by atoms with van der Waals surface area (Å²) in [5.41, 5.74) is 3.63. The fourth-order valence-corrected chi connectivity index (χ4v) is 5.74. The molecule has 0 bridgehead atoms. The van der Waals surface area contributed by atoms with E-state index in [1.807, 2.05) is 61.5 Å². The summed E-state index contributed by atoms with van der Waals surface area (Å²) in [7, 11) is 1.39. The Labute approximate surface area is 217 Å². The molecule has 37 heavy (non-hydrogen) atoms. The molecule has 0 aliphatic carbocycles. The van der Waals surface area contributed by atoms with Gasteiger partial charge in [0.25, 0.3) is 0 Å². The number of carbonyl (C=O) groups excluding carboxylic acids is 1. The Morgan fingerprint density at radius 1 is 1.05 bits per heavy atom. The number of carbonyl (C=O) groups is 2. The number of esters is 1. The molecule has 2 aromatic heterocycles. The van der Waals surface area contributed by atoms with Crippen LogP contribution in [0.2, 0.25) is 0 Å². The number of methoxy groups -OCH3 is 1. The van der Waals surface area contributed by atoms with Gasteiger partial charge in [-0.1, -0.05) is 49.4 Å². The third-order valence-corrected chi connectivity index (χ3v) is 7.78. The third kappa shape index (κ3) is 4.56. The fourth-order valence-electron chi connectivity index (χ4n) is 4.55. The van der Waals surface area contributed by atoms with E-state index in [0.29, 0.717) is 22.7 Å². The summed E-state index contributed by atoms with van der Waals surface area (Å²) in [6.07, 6.45) is 0.770. The highest BCUT2D eigenvalue weighted by molar-refractivity contribution is 7.20. The van der Waals surface area contributed by atoms with Gasteiger partial charge in [0, 0.05) is 17.5 Å². The van der Waals surface area contributed by atoms with Gasteiger partial charge in [0.05, 0.1) is 19.2 Å². The van der Waals surface area contributed by atoms with E-state index in [1.54, 1.807) is 6.07 Å². The fraction of sp³-hybridized carbons (Fsp3) is 0.207. The van der Waals surface area contributed by atoms with E-state index < -0.39 is 5.97 Å². The van der Waals surface area contributed by atoms with Crippen LogP contribution in [0, 0.1) is 6.92 Å². The zero-order valence-corrected chi connectivity index (χ0v) is 21.6. The molecule has 0 atom stereocenters. The van der Waals surface area contributed by atoms with Crippen molar-refractivity contribution in [2.24, 2.45) is 0 Å². The SMILES string of the molecule is CCc1nc2c(C)c(C(=O)OC)sc2n1Cc1ccc(OCc2c(C(=O)O)ccc3ccccc23)cc1. The molecule has 8 heteroatoms. The number of aromatic nitrogens is 2. The Kier molecular flexibility index (Phi) is 6.67. The van der Waals surface area contributed by atoms with Crippen molar-refractivity contribution < 1.29 is 24.2 Å². The average Bonchev–Trinajstić information content (AvgIpc) is 3.43. The monoisotopic (exact) mass is 514 g/mol. The number of carboxylic acids is 1. The molecule has 0 saturated heterocycles. The van der Waals surface area contributed by atoms with E-state index in [0.717, 1.165) is 44.5 Å². The van der Waals surface area contributed by atoms with Gasteiger partial charge in [0.15, 0.2) is 0 Å². The number of fused-ring (bicyclic) bond motifs is 2. The summed E-state index contributed by atoms with van der Waals surface area (Å²) in [4.78, 5) is 30.3. The number of aryl methyl sites for hydroxylation is 2. The van der Waals surface area contributed by atoms with Gasteiger partial charge >= 0.3 is 11.9 Å². The molecule has 188 valence electrons. The van der Waals surface area contributed by atoms with Gasteiger partial charge < -0.3 is 19.1 Å². The van der Waals surface area contributed by atoms with E-state index in [2.05, 4.69) is 11.5 Å². The molecule has 0 unspecified atom stereocenters. The molecule has 0 aliphatic heterocycles. The second-order valence-electron chi connectivity index (χ2n) is 8.72. The maximum absolute atomic E-state index is 12.2. The Hall–Kier alpha value is -4.17. The lowest BCUT2D eigenvalue weighted by molar-refractivity contribution is 0.0604. The van der Waals surface area contributed by atoms with Crippen LogP contribution in [0.25, 0.3) is 21.1 Å². The number of benzene rings is 3. The number of hydrogen-bond acceptors (Lipinski definition) is 6. The molecule has 5 rings (SSSR count). The second-order valence-corrected chi connectivity index (χ2v) is 9.72. The number of nitrogens with zero attached hydrogens (tertiary/aromatic N) is 2. The number of aromatic carboxylic acids is 1. The van der Waals surface area contributed by atoms with Crippen LogP contribution in [0.5, 0.6) is 5.75 Å².